The van der Waals surface area contributed by atoms with Crippen LogP contribution in [0.1, 0.15) is 42.6 Å². The summed E-state index contributed by atoms with van der Waals surface area (Å²) >= 11 is 1.35. The Kier molecular flexibility index (Phi) is 5.96. The molecule has 28 heavy (non-hydrogen) atoms. The molecule has 0 radical (unpaired) electrons. The molecule has 146 valence electrons. The third-order valence-electron chi connectivity index (χ3n) is 4.45. The maximum atomic E-state index is 12.4. The van der Waals surface area contributed by atoms with Crippen molar-refractivity contribution >= 4 is 32.2 Å². The monoisotopic (exact) mass is 414 g/mol. The SMILES string of the molecule is CCS(=O)(=O)c1ccc(C(=O)Nc2nc(-c3ccc(C(C)C)cc3)cs2)cc1. The van der Waals surface area contributed by atoms with Crippen LogP contribution in [0.5, 0.6) is 0 Å². The number of aromatic nitrogens is 1. The van der Waals surface area contributed by atoms with Crippen LogP contribution in [0.15, 0.2) is 58.8 Å². The summed E-state index contributed by atoms with van der Waals surface area (Å²) in [5.74, 6) is 0.174. The second-order valence-electron chi connectivity index (χ2n) is 6.70. The molecule has 0 saturated carbocycles. The summed E-state index contributed by atoms with van der Waals surface area (Å²) in [4.78, 5) is 17.1. The summed E-state index contributed by atoms with van der Waals surface area (Å²) in [6.07, 6.45) is 0. The van der Waals surface area contributed by atoms with Crippen LogP contribution in [0, 0.1) is 0 Å². The highest BCUT2D eigenvalue weighted by molar-refractivity contribution is 7.91. The molecule has 0 aliphatic carbocycles. The molecule has 3 rings (SSSR count). The first-order valence-electron chi connectivity index (χ1n) is 9.00. The highest BCUT2D eigenvalue weighted by Gasteiger charge is 2.14. The molecule has 0 spiro atoms. The summed E-state index contributed by atoms with van der Waals surface area (Å²) in [6.45, 7) is 5.89. The van der Waals surface area contributed by atoms with Gasteiger partial charge >= 0.3 is 0 Å². The highest BCUT2D eigenvalue weighted by Crippen LogP contribution is 2.27. The number of benzene rings is 2. The predicted octanol–water partition coefficient (Wildman–Crippen LogP) is 4.98. The van der Waals surface area contributed by atoms with Gasteiger partial charge in [0.2, 0.25) is 0 Å². The zero-order chi connectivity index (χ0) is 20.3. The first kappa shape index (κ1) is 20.2. The second-order valence-corrected chi connectivity index (χ2v) is 9.83. The minimum absolute atomic E-state index is 0.0264. The molecule has 0 aliphatic heterocycles. The maximum Gasteiger partial charge on any atom is 0.257 e. The third-order valence-corrected chi connectivity index (χ3v) is 6.96. The van der Waals surface area contributed by atoms with E-state index >= 15 is 0 Å². The Bertz CT molecular complexity index is 1070. The number of thiazole rings is 1. The Labute approximate surface area is 169 Å². The van der Waals surface area contributed by atoms with Gasteiger partial charge in [0.15, 0.2) is 15.0 Å². The average molecular weight is 415 g/mol. The van der Waals surface area contributed by atoms with Crippen molar-refractivity contribution in [3.05, 3.63) is 65.0 Å². The summed E-state index contributed by atoms with van der Waals surface area (Å²) < 4.78 is 23.7. The summed E-state index contributed by atoms with van der Waals surface area (Å²) in [5, 5.41) is 5.17. The number of nitrogens with zero attached hydrogens (tertiary/aromatic N) is 1. The lowest BCUT2D eigenvalue weighted by Gasteiger charge is -2.05. The van der Waals surface area contributed by atoms with Gasteiger partial charge in [0, 0.05) is 16.5 Å². The number of rotatable bonds is 6. The smallest absolute Gasteiger partial charge is 0.257 e. The van der Waals surface area contributed by atoms with E-state index in [0.29, 0.717) is 16.6 Å². The van der Waals surface area contributed by atoms with Crippen LogP contribution < -0.4 is 5.32 Å². The lowest BCUT2D eigenvalue weighted by atomic mass is 10.0. The molecule has 0 fully saturated rings. The molecule has 1 aromatic heterocycles. The number of sulfone groups is 1. The molecular weight excluding hydrogens is 392 g/mol. The van der Waals surface area contributed by atoms with Gasteiger partial charge in [-0.05, 0) is 35.7 Å². The van der Waals surface area contributed by atoms with Crippen molar-refractivity contribution in [1.29, 1.82) is 0 Å². The molecule has 2 aromatic carbocycles. The maximum absolute atomic E-state index is 12.4. The van der Waals surface area contributed by atoms with Crippen LogP contribution in [0.2, 0.25) is 0 Å². The van der Waals surface area contributed by atoms with E-state index in [-0.39, 0.29) is 16.6 Å². The number of hydrogen-bond acceptors (Lipinski definition) is 5. The summed E-state index contributed by atoms with van der Waals surface area (Å²) in [6, 6.07) is 14.2. The number of carbonyl (C=O) groups is 1. The van der Waals surface area contributed by atoms with E-state index in [1.54, 1.807) is 6.92 Å². The fraction of sp³-hybridized carbons (Fsp3) is 0.238. The van der Waals surface area contributed by atoms with Gasteiger partial charge in [0.05, 0.1) is 16.3 Å². The van der Waals surface area contributed by atoms with Gasteiger partial charge in [0.1, 0.15) is 0 Å². The lowest BCUT2D eigenvalue weighted by Crippen LogP contribution is -2.12. The van der Waals surface area contributed by atoms with E-state index in [4.69, 9.17) is 0 Å². The van der Waals surface area contributed by atoms with Crippen LogP contribution >= 0.6 is 11.3 Å². The Hall–Kier alpha value is -2.51. The topological polar surface area (TPSA) is 76.1 Å². The van der Waals surface area contributed by atoms with Gasteiger partial charge in [-0.3, -0.25) is 10.1 Å². The molecule has 1 N–H and O–H groups in total. The van der Waals surface area contributed by atoms with Crippen molar-refractivity contribution in [2.24, 2.45) is 0 Å². The van der Waals surface area contributed by atoms with Crippen LogP contribution in [0.4, 0.5) is 5.13 Å². The Morgan fingerprint density at radius 1 is 1.07 bits per heavy atom. The van der Waals surface area contributed by atoms with Gasteiger partial charge in [-0.25, -0.2) is 13.4 Å². The first-order valence-corrected chi connectivity index (χ1v) is 11.5. The van der Waals surface area contributed by atoms with E-state index in [9.17, 15) is 13.2 Å². The third kappa shape index (κ3) is 4.48. The number of carbonyl (C=O) groups excluding carboxylic acids is 1. The standard InChI is InChI=1S/C21H22N2O3S2/c1-4-28(25,26)18-11-9-17(10-12-18)20(24)23-21-22-19(13-27-21)16-7-5-15(6-8-16)14(2)3/h5-14H,4H2,1-3H3,(H,22,23,24). The summed E-state index contributed by atoms with van der Waals surface area (Å²) in [5.41, 5.74) is 3.45. The van der Waals surface area contributed by atoms with Gasteiger partial charge in [-0.15, -0.1) is 11.3 Å². The van der Waals surface area contributed by atoms with Crippen LogP contribution in [-0.2, 0) is 9.84 Å². The van der Waals surface area contributed by atoms with E-state index in [1.807, 2.05) is 17.5 Å². The number of anilines is 1. The molecule has 0 atom stereocenters. The number of amides is 1. The molecular formula is C21H22N2O3S2. The molecule has 1 heterocycles. The van der Waals surface area contributed by atoms with Crippen molar-refractivity contribution in [3.63, 3.8) is 0 Å². The van der Waals surface area contributed by atoms with Crippen molar-refractivity contribution in [3.8, 4) is 11.3 Å². The first-order chi connectivity index (χ1) is 13.3. The molecule has 7 heteroatoms. The van der Waals surface area contributed by atoms with Crippen LogP contribution in [0.3, 0.4) is 0 Å². The Morgan fingerprint density at radius 2 is 1.71 bits per heavy atom. The van der Waals surface area contributed by atoms with E-state index in [1.165, 1.54) is 41.2 Å². The molecule has 0 aliphatic rings. The molecule has 1 amide bonds. The van der Waals surface area contributed by atoms with Gasteiger partial charge in [0.25, 0.3) is 5.91 Å². The van der Waals surface area contributed by atoms with Crippen molar-refractivity contribution < 1.29 is 13.2 Å². The quantitative estimate of drug-likeness (QED) is 0.617. The van der Waals surface area contributed by atoms with Crippen LogP contribution in [0.25, 0.3) is 11.3 Å². The van der Waals surface area contributed by atoms with Crippen molar-refractivity contribution in [2.75, 3.05) is 11.1 Å². The molecule has 3 aromatic rings. The van der Waals surface area contributed by atoms with Crippen molar-refractivity contribution in [1.82, 2.24) is 4.98 Å². The summed E-state index contributed by atoms with van der Waals surface area (Å²) in [7, 11) is -3.28. The average Bonchev–Trinajstić information content (AvgIpc) is 3.16. The normalized spacial score (nSPS) is 11.6. The predicted molar refractivity (Wildman–Crippen MR) is 114 cm³/mol. The van der Waals surface area contributed by atoms with E-state index < -0.39 is 9.84 Å². The van der Waals surface area contributed by atoms with Gasteiger partial charge in [-0.1, -0.05) is 45.0 Å². The molecule has 0 saturated heterocycles. The van der Waals surface area contributed by atoms with E-state index in [2.05, 4.69) is 36.3 Å². The molecule has 0 unspecified atom stereocenters. The Balaban J connectivity index is 1.71. The fourth-order valence-electron chi connectivity index (χ4n) is 2.65. The van der Waals surface area contributed by atoms with Crippen LogP contribution in [-0.4, -0.2) is 25.1 Å². The largest absolute Gasteiger partial charge is 0.298 e. The van der Waals surface area contributed by atoms with Gasteiger partial charge < -0.3 is 0 Å². The Morgan fingerprint density at radius 3 is 2.29 bits per heavy atom. The minimum atomic E-state index is -3.28. The van der Waals surface area contributed by atoms with Crippen molar-refractivity contribution in [2.45, 2.75) is 31.6 Å². The van der Waals surface area contributed by atoms with Gasteiger partial charge in [-0.2, -0.15) is 0 Å². The fourth-order valence-corrected chi connectivity index (χ4v) is 4.25. The van der Waals surface area contributed by atoms with E-state index in [0.717, 1.165) is 11.3 Å². The molecule has 0 bridgehead atoms. The lowest BCUT2D eigenvalue weighted by molar-refractivity contribution is 0.102. The second kappa shape index (κ2) is 8.24. The minimum Gasteiger partial charge on any atom is -0.298 e. The number of hydrogen-bond donors (Lipinski definition) is 1. The molecule has 5 nitrogen and oxygen atoms in total. The number of nitrogens with one attached hydrogen (secondary N) is 1. The zero-order valence-electron chi connectivity index (χ0n) is 16.0. The zero-order valence-corrected chi connectivity index (χ0v) is 17.6. The highest BCUT2D eigenvalue weighted by atomic mass is 32.2.